The average Bonchev–Trinajstić information content (AvgIpc) is 3.01. The van der Waals surface area contributed by atoms with Crippen molar-refractivity contribution in [3.8, 4) is 11.5 Å². The van der Waals surface area contributed by atoms with Crippen LogP contribution in [0.4, 0.5) is 0 Å². The van der Waals surface area contributed by atoms with Gasteiger partial charge in [-0.05, 0) is 43.0 Å². The zero-order valence-electron chi connectivity index (χ0n) is 17.4. The van der Waals surface area contributed by atoms with E-state index in [1.165, 1.54) is 31.0 Å². The van der Waals surface area contributed by atoms with E-state index >= 15 is 0 Å². The fourth-order valence-corrected chi connectivity index (χ4v) is 5.04. The first-order valence-electron chi connectivity index (χ1n) is 10.3. The van der Waals surface area contributed by atoms with Crippen molar-refractivity contribution in [2.45, 2.75) is 51.0 Å². The third-order valence-electron chi connectivity index (χ3n) is 5.33. The Balaban J connectivity index is 1.54. The second kappa shape index (κ2) is 10.8. The van der Waals surface area contributed by atoms with E-state index < -0.39 is 0 Å². The maximum atomic E-state index is 12.8. The van der Waals surface area contributed by atoms with Crippen LogP contribution in [-0.2, 0) is 9.59 Å². The molecular weight excluding hydrogens is 420 g/mol. The van der Waals surface area contributed by atoms with Gasteiger partial charge in [0.25, 0.3) is 5.91 Å². The van der Waals surface area contributed by atoms with Gasteiger partial charge >= 0.3 is 0 Å². The van der Waals surface area contributed by atoms with E-state index in [-0.39, 0.29) is 11.8 Å². The van der Waals surface area contributed by atoms with Crippen molar-refractivity contribution in [2.24, 2.45) is 0 Å². The molecule has 1 aliphatic heterocycles. The van der Waals surface area contributed by atoms with E-state index in [2.05, 4.69) is 5.32 Å². The summed E-state index contributed by atoms with van der Waals surface area (Å²) in [5.74, 6) is 1.18. The maximum absolute atomic E-state index is 12.8. The molecule has 6 nitrogen and oxygen atoms in total. The highest BCUT2D eigenvalue weighted by Crippen LogP contribution is 2.34. The Bertz CT molecular complexity index is 834. The van der Waals surface area contributed by atoms with Crippen molar-refractivity contribution in [3.63, 3.8) is 0 Å². The van der Waals surface area contributed by atoms with Crippen molar-refractivity contribution in [1.82, 2.24) is 10.2 Å². The predicted molar refractivity (Wildman–Crippen MR) is 124 cm³/mol. The van der Waals surface area contributed by atoms with Crippen molar-refractivity contribution >= 4 is 46.2 Å². The largest absolute Gasteiger partial charge is 0.493 e. The third kappa shape index (κ3) is 5.76. The van der Waals surface area contributed by atoms with Gasteiger partial charge in [0, 0.05) is 19.0 Å². The van der Waals surface area contributed by atoms with Gasteiger partial charge in [0.15, 0.2) is 11.5 Å². The van der Waals surface area contributed by atoms with Crippen LogP contribution < -0.4 is 14.8 Å². The Labute approximate surface area is 187 Å². The molecular formula is C22H28N2O4S2. The number of hydrogen-bond donors (Lipinski definition) is 1. The minimum Gasteiger partial charge on any atom is -0.493 e. The van der Waals surface area contributed by atoms with Gasteiger partial charge in [0.1, 0.15) is 4.32 Å². The predicted octanol–water partition coefficient (Wildman–Crippen LogP) is 4.13. The molecule has 0 aromatic heterocycles. The smallest absolute Gasteiger partial charge is 0.266 e. The van der Waals surface area contributed by atoms with Crippen LogP contribution in [0.5, 0.6) is 11.5 Å². The lowest BCUT2D eigenvalue weighted by Crippen LogP contribution is -2.36. The van der Waals surface area contributed by atoms with Crippen LogP contribution in [0.15, 0.2) is 23.1 Å². The standard InChI is InChI=1S/C22H28N2O4S2/c1-27-17-11-10-15(13-18(17)28-2)14-19-21(26)24(22(29)30-19)12-6-9-20(25)23-16-7-4-3-5-8-16/h10-11,13-14,16H,3-9,12H2,1-2H3,(H,23,25)/b19-14-. The lowest BCUT2D eigenvalue weighted by Gasteiger charge is -2.23. The van der Waals surface area contributed by atoms with Gasteiger partial charge in [-0.1, -0.05) is 49.3 Å². The minimum absolute atomic E-state index is 0.0632. The summed E-state index contributed by atoms with van der Waals surface area (Å²) in [5, 5.41) is 3.11. The van der Waals surface area contributed by atoms with Gasteiger partial charge in [0.2, 0.25) is 5.91 Å². The summed E-state index contributed by atoms with van der Waals surface area (Å²) in [4.78, 5) is 27.1. The number of nitrogens with one attached hydrogen (secondary N) is 1. The Morgan fingerprint density at radius 3 is 2.67 bits per heavy atom. The zero-order chi connectivity index (χ0) is 21.5. The maximum Gasteiger partial charge on any atom is 0.266 e. The fraction of sp³-hybridized carbons (Fsp3) is 0.500. The van der Waals surface area contributed by atoms with E-state index in [0.29, 0.717) is 46.2 Å². The number of thioether (sulfide) groups is 1. The number of hydrogen-bond acceptors (Lipinski definition) is 6. The number of carbonyl (C=O) groups excluding carboxylic acids is 2. The normalized spacial score (nSPS) is 18.7. The lowest BCUT2D eigenvalue weighted by atomic mass is 9.95. The summed E-state index contributed by atoms with van der Waals surface area (Å²) in [5.41, 5.74) is 0.833. The summed E-state index contributed by atoms with van der Waals surface area (Å²) in [6, 6.07) is 5.80. The monoisotopic (exact) mass is 448 g/mol. The molecule has 0 radical (unpaired) electrons. The molecule has 0 spiro atoms. The molecule has 1 heterocycles. The van der Waals surface area contributed by atoms with E-state index in [4.69, 9.17) is 21.7 Å². The molecule has 1 N–H and O–H groups in total. The molecule has 0 atom stereocenters. The quantitative estimate of drug-likeness (QED) is 0.476. The summed E-state index contributed by atoms with van der Waals surface area (Å²) in [6.07, 6.45) is 8.58. The van der Waals surface area contributed by atoms with E-state index in [1.807, 2.05) is 12.1 Å². The van der Waals surface area contributed by atoms with Gasteiger partial charge in [-0.2, -0.15) is 0 Å². The second-order valence-corrected chi connectivity index (χ2v) is 9.13. The van der Waals surface area contributed by atoms with Crippen molar-refractivity contribution in [1.29, 1.82) is 0 Å². The first-order chi connectivity index (χ1) is 14.5. The summed E-state index contributed by atoms with van der Waals surface area (Å²) >= 11 is 6.67. The second-order valence-electron chi connectivity index (χ2n) is 7.45. The topological polar surface area (TPSA) is 67.9 Å². The third-order valence-corrected chi connectivity index (χ3v) is 6.71. The molecule has 2 amide bonds. The molecule has 1 saturated heterocycles. The lowest BCUT2D eigenvalue weighted by molar-refractivity contribution is -0.124. The van der Waals surface area contributed by atoms with Crippen LogP contribution in [0, 0.1) is 0 Å². The molecule has 8 heteroatoms. The van der Waals surface area contributed by atoms with Gasteiger partial charge in [-0.15, -0.1) is 0 Å². The highest BCUT2D eigenvalue weighted by molar-refractivity contribution is 8.26. The van der Waals surface area contributed by atoms with Crippen molar-refractivity contribution < 1.29 is 19.1 Å². The zero-order valence-corrected chi connectivity index (χ0v) is 19.1. The number of benzene rings is 1. The minimum atomic E-state index is -0.118. The van der Waals surface area contributed by atoms with Crippen LogP contribution in [0.25, 0.3) is 6.08 Å². The molecule has 30 heavy (non-hydrogen) atoms. The number of thiocarbonyl (C=S) groups is 1. The van der Waals surface area contributed by atoms with Crippen LogP contribution >= 0.6 is 24.0 Å². The first-order valence-corrected chi connectivity index (χ1v) is 11.5. The van der Waals surface area contributed by atoms with Gasteiger partial charge in [-0.3, -0.25) is 14.5 Å². The van der Waals surface area contributed by atoms with Crippen LogP contribution in [0.1, 0.15) is 50.5 Å². The molecule has 162 valence electrons. The van der Waals surface area contributed by atoms with Crippen LogP contribution in [0.3, 0.4) is 0 Å². The number of rotatable bonds is 8. The van der Waals surface area contributed by atoms with Crippen LogP contribution in [-0.4, -0.2) is 47.8 Å². The molecule has 1 aromatic rings. The Kier molecular flexibility index (Phi) is 8.16. The molecule has 0 bridgehead atoms. The van der Waals surface area contributed by atoms with Crippen LogP contribution in [0.2, 0.25) is 0 Å². The Morgan fingerprint density at radius 1 is 1.23 bits per heavy atom. The molecule has 1 aromatic carbocycles. The number of carbonyl (C=O) groups is 2. The number of ether oxygens (including phenoxy) is 2. The Morgan fingerprint density at radius 2 is 1.97 bits per heavy atom. The summed E-state index contributed by atoms with van der Waals surface area (Å²) in [7, 11) is 3.16. The van der Waals surface area contributed by atoms with Crippen molar-refractivity contribution in [2.75, 3.05) is 20.8 Å². The fourth-order valence-electron chi connectivity index (χ4n) is 3.73. The van der Waals surface area contributed by atoms with Gasteiger partial charge < -0.3 is 14.8 Å². The number of nitrogens with zero attached hydrogens (tertiary/aromatic N) is 1. The number of amides is 2. The van der Waals surface area contributed by atoms with Crippen molar-refractivity contribution in [3.05, 3.63) is 28.7 Å². The molecule has 2 fully saturated rings. The summed E-state index contributed by atoms with van der Waals surface area (Å²) in [6.45, 7) is 0.450. The summed E-state index contributed by atoms with van der Waals surface area (Å²) < 4.78 is 11.1. The first kappa shape index (κ1) is 22.6. The molecule has 1 saturated carbocycles. The average molecular weight is 449 g/mol. The highest BCUT2D eigenvalue weighted by atomic mass is 32.2. The van der Waals surface area contributed by atoms with E-state index in [1.54, 1.807) is 31.3 Å². The van der Waals surface area contributed by atoms with Gasteiger partial charge in [-0.25, -0.2) is 0 Å². The molecule has 1 aliphatic carbocycles. The molecule has 2 aliphatic rings. The van der Waals surface area contributed by atoms with Gasteiger partial charge in [0.05, 0.1) is 19.1 Å². The van der Waals surface area contributed by atoms with E-state index in [9.17, 15) is 9.59 Å². The number of methoxy groups -OCH3 is 2. The SMILES string of the molecule is COc1ccc(/C=C2\SC(=S)N(CCCC(=O)NC3CCCCC3)C2=O)cc1OC. The highest BCUT2D eigenvalue weighted by Gasteiger charge is 2.31. The Hall–Kier alpha value is -2.06. The van der Waals surface area contributed by atoms with E-state index in [0.717, 1.165) is 18.4 Å². The molecule has 3 rings (SSSR count). The molecule has 0 unspecified atom stereocenters.